The zero-order valence-corrected chi connectivity index (χ0v) is 12.7. The second-order valence-electron chi connectivity index (χ2n) is 4.94. The Morgan fingerprint density at radius 2 is 1.71 bits per heavy atom. The fourth-order valence-electron chi connectivity index (χ4n) is 2.16. The maximum absolute atomic E-state index is 11.4. The predicted molar refractivity (Wildman–Crippen MR) is 85.8 cm³/mol. The molecule has 2 N–H and O–H groups in total. The highest BCUT2D eigenvalue weighted by Crippen LogP contribution is 2.28. The summed E-state index contributed by atoms with van der Waals surface area (Å²) >= 11 is 0. The van der Waals surface area contributed by atoms with Crippen LogP contribution >= 0.6 is 0 Å². The molecule has 4 nitrogen and oxygen atoms in total. The first-order valence-corrected chi connectivity index (χ1v) is 8.66. The van der Waals surface area contributed by atoms with Crippen molar-refractivity contribution in [3.05, 3.63) is 54.1 Å². The standard InChI is InChI=1S/C16H19NO3S/c1-21(19,20)17-16-7-3-2-6-15(16)14-10-8-13(9-11-14)5-4-12-18/h2-3,6-11,17-18H,4-5,12H2,1H3. The Bertz CT molecular complexity index is 694. The van der Waals surface area contributed by atoms with E-state index in [1.807, 2.05) is 36.4 Å². The number of rotatable bonds is 6. The molecule has 2 rings (SSSR count). The van der Waals surface area contributed by atoms with E-state index < -0.39 is 10.0 Å². The van der Waals surface area contributed by atoms with Gasteiger partial charge in [0.2, 0.25) is 10.0 Å². The zero-order chi connectivity index (χ0) is 15.3. The fourth-order valence-corrected chi connectivity index (χ4v) is 2.74. The number of benzene rings is 2. The van der Waals surface area contributed by atoms with Crippen LogP contribution in [0.25, 0.3) is 11.1 Å². The summed E-state index contributed by atoms with van der Waals surface area (Å²) in [5.74, 6) is 0. The predicted octanol–water partition coefficient (Wildman–Crippen LogP) is 2.65. The Hall–Kier alpha value is -1.85. The Balaban J connectivity index is 2.29. The molecule has 0 bridgehead atoms. The van der Waals surface area contributed by atoms with Crippen molar-refractivity contribution in [2.24, 2.45) is 0 Å². The highest BCUT2D eigenvalue weighted by Gasteiger charge is 2.08. The van der Waals surface area contributed by atoms with E-state index in [2.05, 4.69) is 4.72 Å². The van der Waals surface area contributed by atoms with Crippen molar-refractivity contribution >= 4 is 15.7 Å². The number of aliphatic hydroxyl groups is 1. The summed E-state index contributed by atoms with van der Waals surface area (Å²) in [5, 5.41) is 8.84. The zero-order valence-electron chi connectivity index (χ0n) is 11.9. The van der Waals surface area contributed by atoms with Crippen molar-refractivity contribution in [1.82, 2.24) is 0 Å². The molecule has 0 spiro atoms. The van der Waals surface area contributed by atoms with Gasteiger partial charge in [0.05, 0.1) is 11.9 Å². The van der Waals surface area contributed by atoms with E-state index in [9.17, 15) is 8.42 Å². The Morgan fingerprint density at radius 1 is 1.05 bits per heavy atom. The number of aryl methyl sites for hydroxylation is 1. The Morgan fingerprint density at radius 3 is 2.33 bits per heavy atom. The maximum atomic E-state index is 11.4. The molecular formula is C16H19NO3S. The van der Waals surface area contributed by atoms with Crippen molar-refractivity contribution in [2.45, 2.75) is 12.8 Å². The lowest BCUT2D eigenvalue weighted by molar-refractivity contribution is 0.288. The quantitative estimate of drug-likeness (QED) is 0.862. The number of sulfonamides is 1. The third-order valence-corrected chi connectivity index (χ3v) is 3.70. The van der Waals surface area contributed by atoms with Crippen molar-refractivity contribution in [3.63, 3.8) is 0 Å². The summed E-state index contributed by atoms with van der Waals surface area (Å²) in [6, 6.07) is 15.2. The second kappa shape index (κ2) is 6.74. The van der Waals surface area contributed by atoms with Gasteiger partial charge in [0, 0.05) is 12.2 Å². The summed E-state index contributed by atoms with van der Waals surface area (Å²) in [6.07, 6.45) is 2.72. The van der Waals surface area contributed by atoms with Crippen LogP contribution in [0, 0.1) is 0 Å². The van der Waals surface area contributed by atoms with E-state index in [1.54, 1.807) is 12.1 Å². The van der Waals surface area contributed by atoms with Gasteiger partial charge in [-0.25, -0.2) is 8.42 Å². The minimum absolute atomic E-state index is 0.183. The van der Waals surface area contributed by atoms with Crippen LogP contribution < -0.4 is 4.72 Å². The van der Waals surface area contributed by atoms with Gasteiger partial charge in [-0.15, -0.1) is 0 Å². The van der Waals surface area contributed by atoms with E-state index >= 15 is 0 Å². The molecule has 0 aromatic heterocycles. The van der Waals surface area contributed by atoms with Gasteiger partial charge >= 0.3 is 0 Å². The molecule has 0 unspecified atom stereocenters. The molecule has 112 valence electrons. The van der Waals surface area contributed by atoms with E-state index in [4.69, 9.17) is 5.11 Å². The SMILES string of the molecule is CS(=O)(=O)Nc1ccccc1-c1ccc(CCCO)cc1. The van der Waals surface area contributed by atoms with Gasteiger partial charge < -0.3 is 5.11 Å². The number of anilines is 1. The number of para-hydroxylation sites is 1. The van der Waals surface area contributed by atoms with Gasteiger partial charge in [0.1, 0.15) is 0 Å². The maximum Gasteiger partial charge on any atom is 0.229 e. The highest BCUT2D eigenvalue weighted by molar-refractivity contribution is 7.92. The van der Waals surface area contributed by atoms with Crippen LogP contribution in [0.4, 0.5) is 5.69 Å². The average molecular weight is 305 g/mol. The van der Waals surface area contributed by atoms with Gasteiger partial charge in [-0.3, -0.25) is 4.72 Å². The lowest BCUT2D eigenvalue weighted by Crippen LogP contribution is -2.10. The van der Waals surface area contributed by atoms with Crippen LogP contribution in [0.5, 0.6) is 0 Å². The van der Waals surface area contributed by atoms with Crippen molar-refractivity contribution < 1.29 is 13.5 Å². The molecule has 2 aromatic rings. The minimum Gasteiger partial charge on any atom is -0.396 e. The van der Waals surface area contributed by atoms with Crippen molar-refractivity contribution in [3.8, 4) is 11.1 Å². The molecular weight excluding hydrogens is 286 g/mol. The van der Waals surface area contributed by atoms with Crippen LogP contribution in [-0.2, 0) is 16.4 Å². The molecule has 5 heteroatoms. The lowest BCUT2D eigenvalue weighted by Gasteiger charge is -2.11. The van der Waals surface area contributed by atoms with Gasteiger partial charge in [-0.05, 0) is 30.0 Å². The molecule has 0 heterocycles. The molecule has 2 aromatic carbocycles. The number of hydrogen-bond donors (Lipinski definition) is 2. The average Bonchev–Trinajstić information content (AvgIpc) is 2.45. The number of aliphatic hydroxyl groups excluding tert-OH is 1. The van der Waals surface area contributed by atoms with Gasteiger partial charge in [-0.2, -0.15) is 0 Å². The van der Waals surface area contributed by atoms with E-state index in [-0.39, 0.29) is 6.61 Å². The number of hydrogen-bond acceptors (Lipinski definition) is 3. The first-order chi connectivity index (χ1) is 9.99. The van der Waals surface area contributed by atoms with Gasteiger partial charge in [-0.1, -0.05) is 42.5 Å². The van der Waals surface area contributed by atoms with Crippen molar-refractivity contribution in [2.75, 3.05) is 17.6 Å². The van der Waals surface area contributed by atoms with Crippen molar-refractivity contribution in [1.29, 1.82) is 0 Å². The van der Waals surface area contributed by atoms with E-state index in [0.29, 0.717) is 5.69 Å². The molecule has 0 atom stereocenters. The minimum atomic E-state index is -3.31. The molecule has 0 aliphatic heterocycles. The molecule has 0 aliphatic rings. The molecule has 0 saturated heterocycles. The van der Waals surface area contributed by atoms with Gasteiger partial charge in [0.15, 0.2) is 0 Å². The van der Waals surface area contributed by atoms with Crippen LogP contribution in [0.1, 0.15) is 12.0 Å². The van der Waals surface area contributed by atoms with Crippen LogP contribution in [0.2, 0.25) is 0 Å². The third-order valence-electron chi connectivity index (χ3n) is 3.11. The first-order valence-electron chi connectivity index (χ1n) is 6.76. The normalized spacial score (nSPS) is 11.3. The molecule has 21 heavy (non-hydrogen) atoms. The smallest absolute Gasteiger partial charge is 0.229 e. The lowest BCUT2D eigenvalue weighted by atomic mass is 10.0. The van der Waals surface area contributed by atoms with Gasteiger partial charge in [0.25, 0.3) is 0 Å². The summed E-state index contributed by atoms with van der Waals surface area (Å²) in [6.45, 7) is 0.183. The summed E-state index contributed by atoms with van der Waals surface area (Å²) < 4.78 is 25.4. The molecule has 0 aliphatic carbocycles. The largest absolute Gasteiger partial charge is 0.396 e. The Labute approximate surface area is 125 Å². The Kier molecular flexibility index (Phi) is 4.98. The van der Waals surface area contributed by atoms with Crippen LogP contribution in [-0.4, -0.2) is 26.4 Å². The van der Waals surface area contributed by atoms with E-state index in [0.717, 1.165) is 35.8 Å². The third kappa shape index (κ3) is 4.58. The summed E-state index contributed by atoms with van der Waals surface area (Å²) in [4.78, 5) is 0. The summed E-state index contributed by atoms with van der Waals surface area (Å²) in [5.41, 5.74) is 3.52. The highest BCUT2D eigenvalue weighted by atomic mass is 32.2. The second-order valence-corrected chi connectivity index (χ2v) is 6.69. The topological polar surface area (TPSA) is 66.4 Å². The fraction of sp³-hybridized carbons (Fsp3) is 0.250. The number of nitrogens with one attached hydrogen (secondary N) is 1. The van der Waals surface area contributed by atoms with E-state index in [1.165, 1.54) is 0 Å². The van der Waals surface area contributed by atoms with Crippen LogP contribution in [0.15, 0.2) is 48.5 Å². The molecule has 0 fully saturated rings. The molecule has 0 saturated carbocycles. The molecule has 0 amide bonds. The first kappa shape index (κ1) is 15.5. The van der Waals surface area contributed by atoms with Crippen LogP contribution in [0.3, 0.4) is 0 Å². The molecule has 0 radical (unpaired) electrons. The monoisotopic (exact) mass is 305 g/mol. The summed E-state index contributed by atoms with van der Waals surface area (Å²) in [7, 11) is -3.31.